The minimum Gasteiger partial charge on any atom is -0.444 e. The van der Waals surface area contributed by atoms with Crippen LogP contribution in [0.25, 0.3) is 0 Å². The van der Waals surface area contributed by atoms with E-state index >= 15 is 0 Å². The highest BCUT2D eigenvalue weighted by Crippen LogP contribution is 2.09. The van der Waals surface area contributed by atoms with E-state index in [4.69, 9.17) is 4.74 Å². The molecule has 4 heteroatoms. The number of aryl methyl sites for hydroxylation is 1. The molecule has 1 rings (SSSR count). The van der Waals surface area contributed by atoms with Crippen LogP contribution in [0, 0.1) is 12.8 Å². The molecule has 4 nitrogen and oxygen atoms in total. The van der Waals surface area contributed by atoms with Crippen LogP contribution >= 0.6 is 0 Å². The second-order valence-corrected chi connectivity index (χ2v) is 7.12. The normalized spacial score (nSPS) is 13.0. The summed E-state index contributed by atoms with van der Waals surface area (Å²) in [5.74, 6) is 0.331. The number of hydrogen-bond donors (Lipinski definition) is 2. The van der Waals surface area contributed by atoms with E-state index in [0.717, 1.165) is 6.54 Å². The molecule has 0 radical (unpaired) electrons. The molecule has 0 saturated heterocycles. The summed E-state index contributed by atoms with van der Waals surface area (Å²) in [5.41, 5.74) is 2.03. The van der Waals surface area contributed by atoms with Gasteiger partial charge in [0, 0.05) is 19.1 Å². The number of nitrogens with one attached hydrogen (secondary N) is 2. The van der Waals surface area contributed by atoms with Crippen molar-refractivity contribution in [2.75, 3.05) is 6.54 Å². The highest BCUT2D eigenvalue weighted by Gasteiger charge is 2.21. The maximum absolute atomic E-state index is 11.9. The van der Waals surface area contributed by atoms with Crippen LogP contribution in [0.15, 0.2) is 24.3 Å². The van der Waals surface area contributed by atoms with Crippen molar-refractivity contribution < 1.29 is 9.53 Å². The summed E-state index contributed by atoms with van der Waals surface area (Å²) in [6, 6.07) is 8.46. The third-order valence-electron chi connectivity index (χ3n) is 3.28. The van der Waals surface area contributed by atoms with Gasteiger partial charge in [-0.2, -0.15) is 0 Å². The lowest BCUT2D eigenvalue weighted by atomic mass is 10.0. The fourth-order valence-electron chi connectivity index (χ4n) is 2.11. The lowest BCUT2D eigenvalue weighted by Gasteiger charge is -2.26. The fourth-order valence-corrected chi connectivity index (χ4v) is 2.11. The van der Waals surface area contributed by atoms with Crippen LogP contribution in [-0.4, -0.2) is 24.3 Å². The molecule has 0 aliphatic carbocycles. The highest BCUT2D eigenvalue weighted by molar-refractivity contribution is 5.68. The molecule has 0 spiro atoms. The lowest BCUT2D eigenvalue weighted by molar-refractivity contribution is 0.0490. The molecule has 1 atom stereocenters. The molecular formula is C18H30N2O2. The molecule has 0 aliphatic rings. The molecule has 1 amide bonds. The van der Waals surface area contributed by atoms with Gasteiger partial charge in [-0.15, -0.1) is 0 Å². The molecule has 0 bridgehead atoms. The third-order valence-corrected chi connectivity index (χ3v) is 3.28. The van der Waals surface area contributed by atoms with Crippen molar-refractivity contribution in [2.24, 2.45) is 5.92 Å². The Hall–Kier alpha value is -1.55. The van der Waals surface area contributed by atoms with Crippen LogP contribution in [0.3, 0.4) is 0 Å². The van der Waals surface area contributed by atoms with Crippen molar-refractivity contribution in [3.05, 3.63) is 35.4 Å². The summed E-state index contributed by atoms with van der Waals surface area (Å²) < 4.78 is 5.32. The molecule has 0 heterocycles. The maximum atomic E-state index is 11.9. The quantitative estimate of drug-likeness (QED) is 0.843. The second kappa shape index (κ2) is 8.18. The number of hydrogen-bond acceptors (Lipinski definition) is 3. The monoisotopic (exact) mass is 306 g/mol. The summed E-state index contributed by atoms with van der Waals surface area (Å²) in [5, 5.41) is 6.36. The zero-order chi connectivity index (χ0) is 16.8. The molecular weight excluding hydrogens is 276 g/mol. The van der Waals surface area contributed by atoms with Crippen molar-refractivity contribution in [3.8, 4) is 0 Å². The average molecular weight is 306 g/mol. The van der Waals surface area contributed by atoms with Crippen LogP contribution in [0.2, 0.25) is 0 Å². The number of rotatable bonds is 6. The van der Waals surface area contributed by atoms with E-state index < -0.39 is 5.60 Å². The Morgan fingerprint density at radius 3 is 2.50 bits per heavy atom. The van der Waals surface area contributed by atoms with Crippen LogP contribution < -0.4 is 10.6 Å². The van der Waals surface area contributed by atoms with E-state index in [1.165, 1.54) is 11.1 Å². The number of carbonyl (C=O) groups is 1. The molecule has 0 saturated carbocycles. The first-order valence-electron chi connectivity index (χ1n) is 7.93. The molecule has 1 aromatic rings. The molecule has 0 fully saturated rings. The molecule has 2 N–H and O–H groups in total. The largest absolute Gasteiger partial charge is 0.444 e. The molecule has 22 heavy (non-hydrogen) atoms. The van der Waals surface area contributed by atoms with Gasteiger partial charge in [-0.25, -0.2) is 4.79 Å². The van der Waals surface area contributed by atoms with Gasteiger partial charge >= 0.3 is 6.09 Å². The van der Waals surface area contributed by atoms with E-state index in [9.17, 15) is 4.79 Å². The van der Waals surface area contributed by atoms with Crippen molar-refractivity contribution >= 4 is 6.09 Å². The Morgan fingerprint density at radius 2 is 1.95 bits per heavy atom. The summed E-state index contributed by atoms with van der Waals surface area (Å²) in [6.07, 6.45) is -0.358. The lowest BCUT2D eigenvalue weighted by Crippen LogP contribution is -2.46. The summed E-state index contributed by atoms with van der Waals surface area (Å²) in [7, 11) is 0. The molecule has 0 aromatic heterocycles. The van der Waals surface area contributed by atoms with E-state index in [-0.39, 0.29) is 12.1 Å². The van der Waals surface area contributed by atoms with E-state index in [1.807, 2.05) is 20.8 Å². The SMILES string of the molecule is Cc1cccc(CNCC(NC(=O)OC(C)(C)C)C(C)C)c1. The molecule has 1 aromatic carbocycles. The first-order chi connectivity index (χ1) is 10.2. The van der Waals surface area contributed by atoms with Gasteiger partial charge in [-0.05, 0) is 39.2 Å². The van der Waals surface area contributed by atoms with Crippen LogP contribution in [0.4, 0.5) is 4.79 Å². The smallest absolute Gasteiger partial charge is 0.407 e. The number of alkyl carbamates (subject to hydrolysis) is 1. The highest BCUT2D eigenvalue weighted by atomic mass is 16.6. The zero-order valence-electron chi connectivity index (χ0n) is 14.7. The van der Waals surface area contributed by atoms with Gasteiger partial charge in [-0.3, -0.25) is 0 Å². The van der Waals surface area contributed by atoms with Crippen molar-refractivity contribution in [3.63, 3.8) is 0 Å². The third kappa shape index (κ3) is 7.46. The average Bonchev–Trinajstić information content (AvgIpc) is 2.35. The first-order valence-corrected chi connectivity index (χ1v) is 7.93. The first kappa shape index (κ1) is 18.5. The van der Waals surface area contributed by atoms with Gasteiger partial charge in [-0.1, -0.05) is 43.7 Å². The molecule has 1 unspecified atom stereocenters. The van der Waals surface area contributed by atoms with Gasteiger partial charge in [0.05, 0.1) is 0 Å². The predicted molar refractivity (Wildman–Crippen MR) is 90.9 cm³/mol. The maximum Gasteiger partial charge on any atom is 0.407 e. The molecule has 124 valence electrons. The Kier molecular flexibility index (Phi) is 6.88. The van der Waals surface area contributed by atoms with Gasteiger partial charge in [0.15, 0.2) is 0 Å². The topological polar surface area (TPSA) is 50.4 Å². The fraction of sp³-hybridized carbons (Fsp3) is 0.611. The Morgan fingerprint density at radius 1 is 1.27 bits per heavy atom. The van der Waals surface area contributed by atoms with Crippen molar-refractivity contribution in [2.45, 2.75) is 59.7 Å². The minimum atomic E-state index is -0.472. The van der Waals surface area contributed by atoms with E-state index in [0.29, 0.717) is 12.5 Å². The standard InChI is InChI=1S/C18H30N2O2/c1-13(2)16(20-17(21)22-18(4,5)6)12-19-11-15-9-7-8-14(3)10-15/h7-10,13,16,19H,11-12H2,1-6H3,(H,20,21). The summed E-state index contributed by atoms with van der Waals surface area (Å²) >= 11 is 0. The van der Waals surface area contributed by atoms with Crippen LogP contribution in [0.1, 0.15) is 45.7 Å². The number of carbonyl (C=O) groups excluding carboxylic acids is 1. The van der Waals surface area contributed by atoms with E-state index in [2.05, 4.69) is 55.7 Å². The van der Waals surface area contributed by atoms with Gasteiger partial charge in [0.25, 0.3) is 0 Å². The predicted octanol–water partition coefficient (Wildman–Crippen LogP) is 3.63. The molecule has 0 aliphatic heterocycles. The number of ether oxygens (including phenoxy) is 1. The number of amides is 1. The second-order valence-electron chi connectivity index (χ2n) is 7.12. The van der Waals surface area contributed by atoms with Crippen LogP contribution in [-0.2, 0) is 11.3 Å². The van der Waals surface area contributed by atoms with E-state index in [1.54, 1.807) is 0 Å². The van der Waals surface area contributed by atoms with Crippen molar-refractivity contribution in [1.82, 2.24) is 10.6 Å². The van der Waals surface area contributed by atoms with Gasteiger partial charge in [0.1, 0.15) is 5.60 Å². The summed E-state index contributed by atoms with van der Waals surface area (Å²) in [4.78, 5) is 11.9. The Balaban J connectivity index is 2.46. The van der Waals surface area contributed by atoms with Gasteiger partial charge < -0.3 is 15.4 Å². The minimum absolute atomic E-state index is 0.0414. The van der Waals surface area contributed by atoms with Crippen LogP contribution in [0.5, 0.6) is 0 Å². The Labute approximate surface area is 134 Å². The van der Waals surface area contributed by atoms with Crippen molar-refractivity contribution in [1.29, 1.82) is 0 Å². The number of benzene rings is 1. The van der Waals surface area contributed by atoms with Gasteiger partial charge in [0.2, 0.25) is 0 Å². The zero-order valence-corrected chi connectivity index (χ0v) is 14.7. The Bertz CT molecular complexity index is 478. The summed E-state index contributed by atoms with van der Waals surface area (Å²) in [6.45, 7) is 13.4.